The minimum atomic E-state index is -0.507. The Bertz CT molecular complexity index is 628. The number of rotatable bonds is 7. The van der Waals surface area contributed by atoms with Crippen molar-refractivity contribution in [1.82, 2.24) is 10.3 Å². The van der Waals surface area contributed by atoms with Gasteiger partial charge in [0.05, 0.1) is 17.2 Å². The normalized spacial score (nSPS) is 12.3. The monoisotopic (exact) mass is 288 g/mol. The number of aliphatic hydroxyl groups is 1. The van der Waals surface area contributed by atoms with Gasteiger partial charge in [-0.1, -0.05) is 18.2 Å². The molecule has 0 aliphatic carbocycles. The molecule has 1 aromatic heterocycles. The van der Waals surface area contributed by atoms with Crippen molar-refractivity contribution in [3.8, 4) is 0 Å². The number of para-hydroxylation sites is 1. The highest BCUT2D eigenvalue weighted by Crippen LogP contribution is 2.19. The third-order valence-electron chi connectivity index (χ3n) is 3.02. The summed E-state index contributed by atoms with van der Waals surface area (Å²) >= 11 is 0. The van der Waals surface area contributed by atoms with Crippen LogP contribution in [0.25, 0.3) is 10.9 Å². The fraction of sp³-hybridized carbons (Fsp3) is 0.333. The molecule has 1 aromatic carbocycles. The molecule has 2 aromatic rings. The van der Waals surface area contributed by atoms with Crippen LogP contribution in [0.2, 0.25) is 0 Å². The summed E-state index contributed by atoms with van der Waals surface area (Å²) < 4.78 is 0. The van der Waals surface area contributed by atoms with Gasteiger partial charge in [-0.05, 0) is 19.1 Å². The van der Waals surface area contributed by atoms with Crippen LogP contribution in [0.5, 0.6) is 0 Å². The van der Waals surface area contributed by atoms with Crippen molar-refractivity contribution in [3.63, 3.8) is 0 Å². The third-order valence-corrected chi connectivity index (χ3v) is 3.02. The highest BCUT2D eigenvalue weighted by Gasteiger charge is 2.11. The first-order valence-electron chi connectivity index (χ1n) is 6.90. The lowest BCUT2D eigenvalue weighted by atomic mass is 10.1. The molecule has 1 unspecified atom stereocenters. The van der Waals surface area contributed by atoms with E-state index in [2.05, 4.69) is 15.6 Å². The molecule has 0 saturated carbocycles. The van der Waals surface area contributed by atoms with E-state index in [9.17, 15) is 4.79 Å². The maximum atomic E-state index is 11.5. The van der Waals surface area contributed by atoms with Crippen molar-refractivity contribution in [2.75, 3.05) is 25.0 Å². The van der Waals surface area contributed by atoms with Gasteiger partial charge >= 0.3 is 0 Å². The van der Waals surface area contributed by atoms with Crippen LogP contribution in [0.3, 0.4) is 0 Å². The zero-order valence-corrected chi connectivity index (χ0v) is 12.0. The van der Waals surface area contributed by atoms with Crippen LogP contribution in [0.15, 0.2) is 30.3 Å². The van der Waals surface area contributed by atoms with Crippen molar-refractivity contribution >= 4 is 22.6 Å². The van der Waals surface area contributed by atoms with E-state index in [0.717, 1.165) is 10.9 Å². The Kier molecular flexibility index (Phi) is 5.08. The van der Waals surface area contributed by atoms with Gasteiger partial charge in [0.2, 0.25) is 0 Å². The molecule has 0 spiro atoms. The average molecular weight is 288 g/mol. The Morgan fingerprint density at radius 3 is 2.86 bits per heavy atom. The van der Waals surface area contributed by atoms with Crippen molar-refractivity contribution < 1.29 is 9.90 Å². The SMILES string of the molecule is CC(O)CNCCNc1nc2ccccc2cc1C(N)=O. The van der Waals surface area contributed by atoms with Gasteiger partial charge in [-0.3, -0.25) is 4.79 Å². The van der Waals surface area contributed by atoms with Gasteiger partial charge in [-0.15, -0.1) is 0 Å². The van der Waals surface area contributed by atoms with Crippen LogP contribution in [-0.4, -0.2) is 41.7 Å². The van der Waals surface area contributed by atoms with Crippen molar-refractivity contribution in [2.45, 2.75) is 13.0 Å². The summed E-state index contributed by atoms with van der Waals surface area (Å²) in [6.07, 6.45) is -0.384. The number of nitrogens with one attached hydrogen (secondary N) is 2. The molecule has 1 amide bonds. The number of fused-ring (bicyclic) bond motifs is 1. The summed E-state index contributed by atoms with van der Waals surface area (Å²) in [5, 5.41) is 16.2. The van der Waals surface area contributed by atoms with E-state index in [0.29, 0.717) is 31.0 Å². The molecule has 5 N–H and O–H groups in total. The molecule has 0 radical (unpaired) electrons. The minimum absolute atomic E-state index is 0.379. The number of carbonyl (C=O) groups is 1. The average Bonchev–Trinajstić information content (AvgIpc) is 2.45. The summed E-state index contributed by atoms with van der Waals surface area (Å²) in [5.74, 6) is -0.0206. The lowest BCUT2D eigenvalue weighted by Crippen LogP contribution is -2.29. The van der Waals surface area contributed by atoms with E-state index in [4.69, 9.17) is 10.8 Å². The number of hydrogen-bond donors (Lipinski definition) is 4. The molecule has 112 valence electrons. The molecule has 0 aliphatic rings. The highest BCUT2D eigenvalue weighted by molar-refractivity contribution is 6.01. The smallest absolute Gasteiger partial charge is 0.252 e. The molecule has 0 fully saturated rings. The second kappa shape index (κ2) is 7.01. The Morgan fingerprint density at radius 2 is 2.14 bits per heavy atom. The van der Waals surface area contributed by atoms with Crippen LogP contribution in [-0.2, 0) is 0 Å². The minimum Gasteiger partial charge on any atom is -0.392 e. The van der Waals surface area contributed by atoms with Crippen LogP contribution in [0.1, 0.15) is 17.3 Å². The fourth-order valence-corrected chi connectivity index (χ4v) is 2.02. The number of aromatic nitrogens is 1. The van der Waals surface area contributed by atoms with E-state index in [1.54, 1.807) is 13.0 Å². The first-order valence-corrected chi connectivity index (χ1v) is 6.90. The first kappa shape index (κ1) is 15.2. The van der Waals surface area contributed by atoms with Gasteiger partial charge < -0.3 is 21.5 Å². The van der Waals surface area contributed by atoms with E-state index >= 15 is 0 Å². The second-order valence-corrected chi connectivity index (χ2v) is 4.92. The third kappa shape index (κ3) is 4.14. The topological polar surface area (TPSA) is 100 Å². The number of carbonyl (C=O) groups excluding carboxylic acids is 1. The molecule has 1 atom stereocenters. The molecule has 21 heavy (non-hydrogen) atoms. The van der Waals surface area contributed by atoms with Gasteiger partial charge in [0.1, 0.15) is 5.82 Å². The molecular weight excluding hydrogens is 268 g/mol. The Hall–Kier alpha value is -2.18. The predicted molar refractivity (Wildman–Crippen MR) is 83.3 cm³/mol. The molecule has 6 nitrogen and oxygen atoms in total. The van der Waals surface area contributed by atoms with Crippen molar-refractivity contribution in [1.29, 1.82) is 0 Å². The maximum Gasteiger partial charge on any atom is 0.252 e. The highest BCUT2D eigenvalue weighted by atomic mass is 16.3. The second-order valence-electron chi connectivity index (χ2n) is 4.92. The van der Waals surface area contributed by atoms with Crippen molar-refractivity contribution in [2.24, 2.45) is 5.73 Å². The van der Waals surface area contributed by atoms with E-state index in [1.165, 1.54) is 0 Å². The molecule has 6 heteroatoms. The molecule has 2 rings (SSSR count). The van der Waals surface area contributed by atoms with Gasteiger partial charge in [0, 0.05) is 25.0 Å². The molecular formula is C15H20N4O2. The quantitative estimate of drug-likeness (QED) is 0.562. The number of amides is 1. The zero-order chi connectivity index (χ0) is 15.2. The summed E-state index contributed by atoms with van der Waals surface area (Å²) in [6.45, 7) is 3.47. The van der Waals surface area contributed by atoms with Gasteiger partial charge in [0.15, 0.2) is 0 Å². The lowest BCUT2D eigenvalue weighted by molar-refractivity contribution is 0.100. The van der Waals surface area contributed by atoms with E-state index < -0.39 is 5.91 Å². The number of hydrogen-bond acceptors (Lipinski definition) is 5. The van der Waals surface area contributed by atoms with E-state index in [1.807, 2.05) is 24.3 Å². The largest absolute Gasteiger partial charge is 0.392 e. The summed E-state index contributed by atoms with van der Waals surface area (Å²) in [6, 6.07) is 9.31. The number of pyridine rings is 1. The lowest BCUT2D eigenvalue weighted by Gasteiger charge is -2.12. The summed E-state index contributed by atoms with van der Waals surface area (Å²) in [5.41, 5.74) is 6.59. The number of primary amides is 1. The number of anilines is 1. The molecule has 0 aliphatic heterocycles. The maximum absolute atomic E-state index is 11.5. The Balaban J connectivity index is 2.10. The number of nitrogens with two attached hydrogens (primary N) is 1. The number of nitrogens with zero attached hydrogens (tertiary/aromatic N) is 1. The van der Waals surface area contributed by atoms with Gasteiger partial charge in [-0.2, -0.15) is 0 Å². The standard InChI is InChI=1S/C15H20N4O2/c1-10(20)9-17-6-7-18-15-12(14(16)21)8-11-4-2-3-5-13(11)19-15/h2-5,8,10,17,20H,6-7,9H2,1H3,(H2,16,21)(H,18,19). The van der Waals surface area contributed by atoms with E-state index in [-0.39, 0.29) is 6.10 Å². The fourth-order valence-electron chi connectivity index (χ4n) is 2.02. The van der Waals surface area contributed by atoms with Crippen LogP contribution >= 0.6 is 0 Å². The first-order chi connectivity index (χ1) is 10.1. The molecule has 0 bridgehead atoms. The molecule has 0 saturated heterocycles. The van der Waals surface area contributed by atoms with Crippen LogP contribution in [0.4, 0.5) is 5.82 Å². The Labute approximate surface area is 123 Å². The van der Waals surface area contributed by atoms with Gasteiger partial charge in [0.25, 0.3) is 5.91 Å². The Morgan fingerprint density at radius 1 is 1.38 bits per heavy atom. The van der Waals surface area contributed by atoms with Crippen molar-refractivity contribution in [3.05, 3.63) is 35.9 Å². The zero-order valence-electron chi connectivity index (χ0n) is 12.0. The summed E-state index contributed by atoms with van der Waals surface area (Å²) in [4.78, 5) is 16.0. The van der Waals surface area contributed by atoms with Crippen LogP contribution < -0.4 is 16.4 Å². The van der Waals surface area contributed by atoms with Gasteiger partial charge in [-0.25, -0.2) is 4.98 Å². The molecule has 1 heterocycles. The number of benzene rings is 1. The summed E-state index contributed by atoms with van der Waals surface area (Å²) in [7, 11) is 0. The predicted octanol–water partition coefficient (Wildman–Crippen LogP) is 0.716. The number of aliphatic hydroxyl groups excluding tert-OH is 1. The van der Waals surface area contributed by atoms with Crippen LogP contribution in [0, 0.1) is 0 Å².